The van der Waals surface area contributed by atoms with E-state index < -0.39 is 0 Å². The van der Waals surface area contributed by atoms with Crippen molar-refractivity contribution in [2.75, 3.05) is 40.4 Å². The Labute approximate surface area is 120 Å². The van der Waals surface area contributed by atoms with Crippen LogP contribution in [0.25, 0.3) is 0 Å². The molecule has 3 heteroatoms. The lowest BCUT2D eigenvalue weighted by molar-refractivity contribution is 0.0615. The smallest absolute Gasteiger partial charge is 0.0615 e. The first-order valence-electron chi connectivity index (χ1n) is 8.03. The van der Waals surface area contributed by atoms with Crippen LogP contribution >= 0.6 is 0 Å². The van der Waals surface area contributed by atoms with E-state index in [0.717, 1.165) is 13.2 Å². The van der Waals surface area contributed by atoms with E-state index in [9.17, 15) is 0 Å². The number of likely N-dealkylation sites (N-methyl/N-ethyl adjacent to an activating group) is 1. The van der Waals surface area contributed by atoms with Gasteiger partial charge in [-0.15, -0.1) is 0 Å². The lowest BCUT2D eigenvalue weighted by Gasteiger charge is -2.42. The van der Waals surface area contributed by atoms with Crippen molar-refractivity contribution < 1.29 is 4.74 Å². The van der Waals surface area contributed by atoms with E-state index in [1.807, 2.05) is 0 Å². The van der Waals surface area contributed by atoms with Crippen LogP contribution in [-0.2, 0) is 4.74 Å². The molecule has 1 aliphatic rings. The first kappa shape index (κ1) is 16.9. The molecule has 0 heterocycles. The van der Waals surface area contributed by atoms with Crippen LogP contribution in [-0.4, -0.2) is 51.3 Å². The van der Waals surface area contributed by atoms with Crippen molar-refractivity contribution in [3.8, 4) is 0 Å². The Morgan fingerprint density at radius 1 is 1.26 bits per heavy atom. The average Bonchev–Trinajstić information content (AvgIpc) is 2.40. The summed E-state index contributed by atoms with van der Waals surface area (Å²) >= 11 is 0. The van der Waals surface area contributed by atoms with Crippen molar-refractivity contribution >= 4 is 0 Å². The van der Waals surface area contributed by atoms with Gasteiger partial charge in [0.05, 0.1) is 6.61 Å². The molecule has 1 N–H and O–H groups in total. The Kier molecular flexibility index (Phi) is 7.96. The largest absolute Gasteiger partial charge is 0.383 e. The van der Waals surface area contributed by atoms with E-state index in [2.05, 4.69) is 31.1 Å². The average molecular weight is 270 g/mol. The summed E-state index contributed by atoms with van der Waals surface area (Å²) in [6.07, 6.45) is 8.22. The number of ether oxygens (including phenoxy) is 1. The van der Waals surface area contributed by atoms with Crippen molar-refractivity contribution in [3.63, 3.8) is 0 Å². The Morgan fingerprint density at radius 3 is 2.53 bits per heavy atom. The molecule has 0 bridgehead atoms. The minimum atomic E-state index is 0.490. The zero-order valence-electron chi connectivity index (χ0n) is 13.5. The number of hydrogen-bond donors (Lipinski definition) is 1. The number of nitrogens with zero attached hydrogens (tertiary/aromatic N) is 1. The second-order valence-corrected chi connectivity index (χ2v) is 6.46. The second kappa shape index (κ2) is 8.93. The first-order valence-corrected chi connectivity index (χ1v) is 8.03. The molecule has 0 radical (unpaired) electrons. The molecule has 19 heavy (non-hydrogen) atoms. The van der Waals surface area contributed by atoms with Gasteiger partial charge < -0.3 is 15.0 Å². The predicted octanol–water partition coefficient (Wildman–Crippen LogP) is 2.90. The fourth-order valence-electron chi connectivity index (χ4n) is 3.28. The topological polar surface area (TPSA) is 24.5 Å². The zero-order valence-corrected chi connectivity index (χ0v) is 13.5. The van der Waals surface area contributed by atoms with Crippen LogP contribution in [0.15, 0.2) is 0 Å². The van der Waals surface area contributed by atoms with Gasteiger partial charge in [0.15, 0.2) is 0 Å². The van der Waals surface area contributed by atoms with Crippen LogP contribution in [0, 0.1) is 5.41 Å². The summed E-state index contributed by atoms with van der Waals surface area (Å²) in [4.78, 5) is 2.49. The normalized spacial score (nSPS) is 20.7. The summed E-state index contributed by atoms with van der Waals surface area (Å²) in [5.41, 5.74) is 0.490. The van der Waals surface area contributed by atoms with E-state index in [1.165, 1.54) is 51.6 Å². The maximum atomic E-state index is 5.29. The molecular weight excluding hydrogens is 236 g/mol. The van der Waals surface area contributed by atoms with E-state index in [-0.39, 0.29) is 0 Å². The third kappa shape index (κ3) is 5.80. The summed E-state index contributed by atoms with van der Waals surface area (Å²) in [6, 6.07) is 0.509. The molecule has 1 rings (SSSR count). The third-order valence-electron chi connectivity index (χ3n) is 4.59. The molecule has 0 aromatic rings. The molecule has 0 aliphatic heterocycles. The molecule has 1 fully saturated rings. The van der Waals surface area contributed by atoms with Crippen molar-refractivity contribution in [2.45, 2.75) is 58.4 Å². The third-order valence-corrected chi connectivity index (χ3v) is 4.59. The van der Waals surface area contributed by atoms with Crippen molar-refractivity contribution in [2.24, 2.45) is 5.41 Å². The van der Waals surface area contributed by atoms with E-state index in [1.54, 1.807) is 7.11 Å². The van der Waals surface area contributed by atoms with E-state index in [0.29, 0.717) is 11.5 Å². The predicted molar refractivity (Wildman–Crippen MR) is 82.6 cm³/mol. The van der Waals surface area contributed by atoms with Gasteiger partial charge >= 0.3 is 0 Å². The summed E-state index contributed by atoms with van der Waals surface area (Å²) in [5, 5.41) is 3.66. The molecule has 114 valence electrons. The molecule has 0 amide bonds. The lowest BCUT2D eigenvalue weighted by Crippen LogP contribution is -2.47. The van der Waals surface area contributed by atoms with Crippen LogP contribution in [0.3, 0.4) is 0 Å². The van der Waals surface area contributed by atoms with Crippen LogP contribution in [0.4, 0.5) is 0 Å². The van der Waals surface area contributed by atoms with Gasteiger partial charge in [-0.25, -0.2) is 0 Å². The Balaban J connectivity index is 2.52. The van der Waals surface area contributed by atoms with Crippen LogP contribution < -0.4 is 5.32 Å². The van der Waals surface area contributed by atoms with Gasteiger partial charge in [-0.2, -0.15) is 0 Å². The number of rotatable bonds is 9. The molecule has 1 atom stereocenters. The van der Waals surface area contributed by atoms with Gasteiger partial charge in [0.25, 0.3) is 0 Å². The molecule has 0 aromatic carbocycles. The molecule has 3 nitrogen and oxygen atoms in total. The molecule has 0 saturated heterocycles. The van der Waals surface area contributed by atoms with Gasteiger partial charge in [-0.05, 0) is 45.2 Å². The highest BCUT2D eigenvalue weighted by Crippen LogP contribution is 2.36. The Hall–Kier alpha value is -0.120. The van der Waals surface area contributed by atoms with Crippen LogP contribution in [0.1, 0.15) is 52.4 Å². The zero-order chi connectivity index (χ0) is 14.1. The molecule has 1 saturated carbocycles. The van der Waals surface area contributed by atoms with Crippen LogP contribution in [0.2, 0.25) is 0 Å². The molecular formula is C16H34N2O. The standard InChI is InChI=1S/C16H34N2O/c1-5-11-17-13-16(9-7-6-8-10-16)14-18(3)15(2)12-19-4/h15,17H,5-14H2,1-4H3. The highest BCUT2D eigenvalue weighted by Gasteiger charge is 2.33. The van der Waals surface area contributed by atoms with Gasteiger partial charge in [0, 0.05) is 26.2 Å². The van der Waals surface area contributed by atoms with Gasteiger partial charge in [0.2, 0.25) is 0 Å². The highest BCUT2D eigenvalue weighted by atomic mass is 16.5. The summed E-state index contributed by atoms with van der Waals surface area (Å²) in [6.45, 7) is 8.88. The Morgan fingerprint density at radius 2 is 1.95 bits per heavy atom. The first-order chi connectivity index (χ1) is 9.13. The number of hydrogen-bond acceptors (Lipinski definition) is 3. The highest BCUT2D eigenvalue weighted by molar-refractivity contribution is 4.88. The summed E-state index contributed by atoms with van der Waals surface area (Å²) < 4.78 is 5.29. The van der Waals surface area contributed by atoms with Gasteiger partial charge in [-0.3, -0.25) is 0 Å². The molecule has 0 spiro atoms. The summed E-state index contributed by atoms with van der Waals surface area (Å²) in [7, 11) is 4.05. The monoisotopic (exact) mass is 270 g/mol. The molecule has 0 aromatic heterocycles. The lowest BCUT2D eigenvalue weighted by atomic mass is 9.73. The van der Waals surface area contributed by atoms with Crippen molar-refractivity contribution in [1.82, 2.24) is 10.2 Å². The van der Waals surface area contributed by atoms with E-state index >= 15 is 0 Å². The quantitative estimate of drug-likeness (QED) is 0.652. The SMILES string of the molecule is CCCNCC1(CN(C)C(C)COC)CCCCC1. The number of methoxy groups -OCH3 is 1. The van der Waals surface area contributed by atoms with Crippen LogP contribution in [0.5, 0.6) is 0 Å². The number of nitrogens with one attached hydrogen (secondary N) is 1. The summed E-state index contributed by atoms with van der Waals surface area (Å²) in [5.74, 6) is 0. The maximum absolute atomic E-state index is 5.29. The second-order valence-electron chi connectivity index (χ2n) is 6.46. The van der Waals surface area contributed by atoms with E-state index in [4.69, 9.17) is 4.74 Å². The fraction of sp³-hybridized carbons (Fsp3) is 1.00. The van der Waals surface area contributed by atoms with Gasteiger partial charge in [0.1, 0.15) is 0 Å². The molecule has 1 unspecified atom stereocenters. The van der Waals surface area contributed by atoms with Crippen molar-refractivity contribution in [1.29, 1.82) is 0 Å². The van der Waals surface area contributed by atoms with Crippen molar-refractivity contribution in [3.05, 3.63) is 0 Å². The minimum absolute atomic E-state index is 0.490. The molecule has 1 aliphatic carbocycles. The van der Waals surface area contributed by atoms with Gasteiger partial charge in [-0.1, -0.05) is 26.2 Å². The fourth-order valence-corrected chi connectivity index (χ4v) is 3.28. The Bertz CT molecular complexity index is 227. The maximum Gasteiger partial charge on any atom is 0.0615 e. The minimum Gasteiger partial charge on any atom is -0.383 e.